The van der Waals surface area contributed by atoms with Crippen molar-refractivity contribution in [2.45, 2.75) is 103 Å². The number of benzene rings is 7. The van der Waals surface area contributed by atoms with Crippen LogP contribution >= 0.6 is 0 Å². The number of anilines is 12. The summed E-state index contributed by atoms with van der Waals surface area (Å²) in [5.41, 5.74) is 25.1. The Morgan fingerprint density at radius 1 is 0.316 bits per heavy atom. The highest BCUT2D eigenvalue weighted by molar-refractivity contribution is 7.03. The molecule has 6 aliphatic rings. The molecule has 76 heavy (non-hydrogen) atoms. The molecule has 0 unspecified atom stereocenters. The second-order valence-electron chi connectivity index (χ2n) is 25.1. The molecule has 0 saturated heterocycles. The molecule has 0 radical (unpaired) electrons. The average Bonchev–Trinajstić information content (AvgIpc) is 3.54. The maximum atomic E-state index is 5.40. The van der Waals surface area contributed by atoms with E-state index in [9.17, 15) is 0 Å². The second-order valence-corrected chi connectivity index (χ2v) is 25.1. The molecule has 370 valence electrons. The summed E-state index contributed by atoms with van der Waals surface area (Å²) in [5, 5.41) is 0. The molecule has 7 aromatic carbocycles. The number of rotatable bonds is 4. The molecule has 0 amide bonds. The molecule has 0 saturated carbocycles. The zero-order valence-corrected chi connectivity index (χ0v) is 45.0. The maximum absolute atomic E-state index is 5.40. The third kappa shape index (κ3) is 6.36. The van der Waals surface area contributed by atoms with E-state index in [4.69, 9.17) is 9.97 Å². The van der Waals surface area contributed by atoms with E-state index in [1.54, 1.807) is 0 Å². The van der Waals surface area contributed by atoms with Crippen molar-refractivity contribution in [1.29, 1.82) is 0 Å². The van der Waals surface area contributed by atoms with Crippen LogP contribution in [-0.2, 0) is 21.7 Å². The second kappa shape index (κ2) is 15.9. The van der Waals surface area contributed by atoms with Crippen LogP contribution < -0.4 is 52.4 Å². The average molecular weight is 985 g/mol. The van der Waals surface area contributed by atoms with Gasteiger partial charge in [0.2, 0.25) is 0 Å². The Labute approximate surface area is 449 Å². The van der Waals surface area contributed by atoms with Gasteiger partial charge in [0, 0.05) is 69.3 Å². The Kier molecular flexibility index (Phi) is 9.51. The largest absolute Gasteiger partial charge is 0.311 e. The molecule has 2 aliphatic carbocycles. The fraction of sp³-hybridized carbons (Fsp3) is 0.235. The number of nitrogens with zero attached hydrogens (tertiary/aromatic N) is 6. The molecule has 9 aromatic rings. The van der Waals surface area contributed by atoms with Gasteiger partial charge in [-0.05, 0) is 181 Å². The molecular formula is C68H62B2N6. The topological polar surface area (TPSA) is 38.7 Å². The summed E-state index contributed by atoms with van der Waals surface area (Å²) in [6.07, 6.45) is 8.70. The summed E-state index contributed by atoms with van der Waals surface area (Å²) >= 11 is 0. The summed E-state index contributed by atoms with van der Waals surface area (Å²) < 4.78 is 0. The minimum Gasteiger partial charge on any atom is -0.311 e. The van der Waals surface area contributed by atoms with Gasteiger partial charge in [-0.15, -0.1) is 0 Å². The molecule has 8 heteroatoms. The van der Waals surface area contributed by atoms with Crippen LogP contribution in [0.4, 0.5) is 68.5 Å². The summed E-state index contributed by atoms with van der Waals surface area (Å²) in [6, 6.07) is 64.4. The minimum absolute atomic E-state index is 0.0155. The van der Waals surface area contributed by atoms with Gasteiger partial charge in [-0.3, -0.25) is 9.80 Å². The van der Waals surface area contributed by atoms with Gasteiger partial charge in [0.05, 0.1) is 0 Å². The molecule has 2 aromatic heterocycles. The molecule has 15 rings (SSSR count). The SMILES string of the molecule is CC1(C)CCC(C)(C)c2cc(N3c4cc5c(cc4B4c6ccccc6N(c6ccccc6)c6nccc3c64)B3c4ccccc4N(c4ccccc4)c4nccc(c43)N5c3ccc4c(c3)C(C)(C)CCC4(C)C)ccc21. The fourth-order valence-corrected chi connectivity index (χ4v) is 14.6. The highest BCUT2D eigenvalue weighted by atomic mass is 15.2. The third-order valence-corrected chi connectivity index (χ3v) is 18.9. The quantitative estimate of drug-likeness (QED) is 0.164. The number of hydrogen-bond donors (Lipinski definition) is 0. The lowest BCUT2D eigenvalue weighted by Gasteiger charge is -2.47. The highest BCUT2D eigenvalue weighted by Gasteiger charge is 2.50. The zero-order chi connectivity index (χ0) is 51.6. The molecule has 6 nitrogen and oxygen atoms in total. The highest BCUT2D eigenvalue weighted by Crippen LogP contribution is 2.53. The Morgan fingerprint density at radius 2 is 0.697 bits per heavy atom. The normalized spacial score (nSPS) is 18.1. The van der Waals surface area contributed by atoms with E-state index >= 15 is 0 Å². The van der Waals surface area contributed by atoms with Crippen LogP contribution in [0, 0.1) is 0 Å². The Morgan fingerprint density at radius 3 is 1.12 bits per heavy atom. The Bertz CT molecular complexity index is 3650. The van der Waals surface area contributed by atoms with Gasteiger partial charge in [0.25, 0.3) is 13.4 Å². The van der Waals surface area contributed by atoms with E-state index in [-0.39, 0.29) is 35.1 Å². The van der Waals surface area contributed by atoms with Crippen LogP contribution in [-0.4, -0.2) is 23.4 Å². The van der Waals surface area contributed by atoms with Crippen LogP contribution in [0.5, 0.6) is 0 Å². The van der Waals surface area contributed by atoms with E-state index in [0.29, 0.717) is 0 Å². The van der Waals surface area contributed by atoms with Crippen molar-refractivity contribution in [2.75, 3.05) is 19.6 Å². The predicted octanol–water partition coefficient (Wildman–Crippen LogP) is 13.3. The van der Waals surface area contributed by atoms with E-state index in [1.807, 2.05) is 12.4 Å². The van der Waals surface area contributed by atoms with Crippen molar-refractivity contribution >= 4 is 115 Å². The van der Waals surface area contributed by atoms with Gasteiger partial charge >= 0.3 is 0 Å². The first-order valence-electron chi connectivity index (χ1n) is 27.6. The smallest absolute Gasteiger partial charge is 0.254 e. The third-order valence-electron chi connectivity index (χ3n) is 18.9. The number of pyridine rings is 2. The number of fused-ring (bicyclic) bond motifs is 10. The first-order chi connectivity index (χ1) is 36.7. The maximum Gasteiger partial charge on any atom is 0.254 e. The molecule has 0 spiro atoms. The van der Waals surface area contributed by atoms with Crippen molar-refractivity contribution < 1.29 is 0 Å². The van der Waals surface area contributed by atoms with Gasteiger partial charge in [-0.2, -0.15) is 0 Å². The standard InChI is InChI=1S/C68H62B2N6/c1-65(2)33-35-67(5,6)49-39-45(27-29-47(49)65)73-57-31-37-71-63-61(57)69(51-23-15-17-25-55(51)75(63)43-19-11-9-12-20-43)53-41-54-60(42-59(53)73)74(46-28-30-48-50(40-46)68(7,8)36-34-66(48,3)4)58-32-38-72-64-62(58)70(54)52-24-16-18-26-56(52)76(64)44-21-13-10-14-22-44/h9-32,37-42H,33-36H2,1-8H3. The van der Waals surface area contributed by atoms with E-state index in [2.05, 4.69) is 245 Å². The fourth-order valence-electron chi connectivity index (χ4n) is 14.6. The molecular weight excluding hydrogens is 922 g/mol. The van der Waals surface area contributed by atoms with Crippen LogP contribution in [0.25, 0.3) is 0 Å². The van der Waals surface area contributed by atoms with Gasteiger partial charge in [0.1, 0.15) is 11.6 Å². The predicted molar refractivity (Wildman–Crippen MR) is 321 cm³/mol. The lowest BCUT2D eigenvalue weighted by molar-refractivity contribution is 0.332. The van der Waals surface area contributed by atoms with Gasteiger partial charge < -0.3 is 9.80 Å². The lowest BCUT2D eigenvalue weighted by Crippen LogP contribution is -2.65. The molecule has 6 heterocycles. The summed E-state index contributed by atoms with van der Waals surface area (Å²) in [5.74, 6) is 1.94. The van der Waals surface area contributed by atoms with Crippen LogP contribution in [0.3, 0.4) is 0 Å². The summed E-state index contributed by atoms with van der Waals surface area (Å²) in [6.45, 7) is 19.3. The van der Waals surface area contributed by atoms with Crippen LogP contribution in [0.1, 0.15) is 103 Å². The van der Waals surface area contributed by atoms with Crippen molar-refractivity contribution in [3.8, 4) is 0 Å². The van der Waals surface area contributed by atoms with Gasteiger partial charge in [-0.1, -0.05) is 146 Å². The Balaban J connectivity index is 1.06. The minimum atomic E-state index is -0.103. The monoisotopic (exact) mass is 985 g/mol. The zero-order valence-electron chi connectivity index (χ0n) is 45.0. The number of para-hydroxylation sites is 4. The van der Waals surface area contributed by atoms with E-state index in [1.165, 1.54) is 102 Å². The van der Waals surface area contributed by atoms with Crippen LogP contribution in [0.2, 0.25) is 0 Å². The van der Waals surface area contributed by atoms with Crippen LogP contribution in [0.15, 0.2) is 182 Å². The van der Waals surface area contributed by atoms with Crippen molar-refractivity contribution in [3.05, 3.63) is 205 Å². The molecule has 0 fully saturated rings. The van der Waals surface area contributed by atoms with E-state index in [0.717, 1.165) is 47.2 Å². The first kappa shape index (κ1) is 45.6. The van der Waals surface area contributed by atoms with Crippen molar-refractivity contribution in [1.82, 2.24) is 9.97 Å². The molecule has 0 N–H and O–H groups in total. The molecule has 0 bridgehead atoms. The van der Waals surface area contributed by atoms with E-state index < -0.39 is 0 Å². The van der Waals surface area contributed by atoms with Gasteiger partial charge in [-0.25, -0.2) is 9.97 Å². The number of aromatic nitrogens is 2. The Hall–Kier alpha value is -7.83. The summed E-state index contributed by atoms with van der Waals surface area (Å²) in [7, 11) is 0. The number of hydrogen-bond acceptors (Lipinski definition) is 6. The molecule has 0 atom stereocenters. The summed E-state index contributed by atoms with van der Waals surface area (Å²) in [4.78, 5) is 20.8. The van der Waals surface area contributed by atoms with Gasteiger partial charge in [0.15, 0.2) is 0 Å². The van der Waals surface area contributed by atoms with Crippen molar-refractivity contribution in [2.24, 2.45) is 0 Å². The van der Waals surface area contributed by atoms with Crippen molar-refractivity contribution in [3.63, 3.8) is 0 Å². The molecule has 4 aliphatic heterocycles. The first-order valence-corrected chi connectivity index (χ1v) is 27.6. The lowest BCUT2D eigenvalue weighted by atomic mass is 9.30.